The molecule has 0 saturated heterocycles. The standard InChI is InChI=1S/C18H20F3NO2/c1-15(2)16(3)8-9-17(15,10-13(16)23)14(24)22-12-7-5-4-6-11(12)18(19,20)21/h4-7H,8-10H2,1-3H3,(H,22,24)/t16-,17+/m1/s1. The van der Waals surface area contributed by atoms with Crippen molar-refractivity contribution in [3.8, 4) is 0 Å². The fourth-order valence-electron chi connectivity index (χ4n) is 4.44. The van der Waals surface area contributed by atoms with Crippen molar-refractivity contribution < 1.29 is 22.8 Å². The Labute approximate surface area is 138 Å². The van der Waals surface area contributed by atoms with E-state index in [0.29, 0.717) is 12.8 Å². The molecule has 0 aliphatic heterocycles. The quantitative estimate of drug-likeness (QED) is 0.866. The molecule has 1 amide bonds. The van der Waals surface area contributed by atoms with Crippen LogP contribution in [0, 0.1) is 16.2 Å². The highest BCUT2D eigenvalue weighted by Crippen LogP contribution is 2.70. The number of halogens is 3. The lowest BCUT2D eigenvalue weighted by atomic mass is 9.64. The minimum absolute atomic E-state index is 0.0259. The van der Waals surface area contributed by atoms with Gasteiger partial charge in [0.15, 0.2) is 0 Å². The summed E-state index contributed by atoms with van der Waals surface area (Å²) in [5.41, 5.74) is -3.26. The van der Waals surface area contributed by atoms with Crippen molar-refractivity contribution in [3.05, 3.63) is 29.8 Å². The molecule has 1 aromatic rings. The number of hydrogen-bond acceptors (Lipinski definition) is 2. The number of anilines is 1. The van der Waals surface area contributed by atoms with Crippen LogP contribution in [0.1, 0.15) is 45.6 Å². The summed E-state index contributed by atoms with van der Waals surface area (Å²) >= 11 is 0. The minimum Gasteiger partial charge on any atom is -0.325 e. The maximum absolute atomic E-state index is 13.1. The van der Waals surface area contributed by atoms with E-state index in [1.165, 1.54) is 18.2 Å². The Bertz CT molecular complexity index is 725. The Morgan fingerprint density at radius 2 is 1.75 bits per heavy atom. The predicted octanol–water partition coefficient (Wildman–Crippen LogP) is 4.43. The number of benzene rings is 1. The predicted molar refractivity (Wildman–Crippen MR) is 83.3 cm³/mol. The van der Waals surface area contributed by atoms with E-state index in [0.717, 1.165) is 6.07 Å². The molecule has 2 aliphatic rings. The monoisotopic (exact) mass is 339 g/mol. The average Bonchev–Trinajstić information content (AvgIpc) is 2.77. The maximum atomic E-state index is 13.1. The minimum atomic E-state index is -4.55. The highest BCUT2D eigenvalue weighted by molar-refractivity contribution is 6.04. The van der Waals surface area contributed by atoms with Crippen molar-refractivity contribution in [1.29, 1.82) is 0 Å². The molecular weight excluding hydrogens is 319 g/mol. The number of para-hydroxylation sites is 1. The van der Waals surface area contributed by atoms with E-state index in [4.69, 9.17) is 0 Å². The molecule has 24 heavy (non-hydrogen) atoms. The Kier molecular flexibility index (Phi) is 3.42. The van der Waals surface area contributed by atoms with Gasteiger partial charge >= 0.3 is 6.18 Å². The molecule has 130 valence electrons. The highest BCUT2D eigenvalue weighted by atomic mass is 19.4. The number of ketones is 1. The molecule has 3 rings (SSSR count). The summed E-state index contributed by atoms with van der Waals surface area (Å²) in [6.45, 7) is 5.61. The number of carbonyl (C=O) groups is 2. The van der Waals surface area contributed by atoms with Gasteiger partial charge in [0.2, 0.25) is 5.91 Å². The smallest absolute Gasteiger partial charge is 0.325 e. The second kappa shape index (κ2) is 4.83. The molecule has 0 radical (unpaired) electrons. The van der Waals surface area contributed by atoms with Crippen molar-refractivity contribution in [2.45, 2.75) is 46.2 Å². The zero-order valence-electron chi connectivity index (χ0n) is 13.9. The third-order valence-electron chi connectivity index (χ3n) is 6.62. The SMILES string of the molecule is CC1(C)[C@@]2(C(=O)Nc3ccccc3C(F)(F)F)CC[C@]1(C)C(=O)C2. The Balaban J connectivity index is 1.97. The van der Waals surface area contributed by atoms with Gasteiger partial charge in [-0.3, -0.25) is 9.59 Å². The number of fused-ring (bicyclic) bond motifs is 2. The van der Waals surface area contributed by atoms with E-state index in [-0.39, 0.29) is 17.9 Å². The molecule has 2 atom stereocenters. The van der Waals surface area contributed by atoms with Crippen LogP contribution in [0.5, 0.6) is 0 Å². The van der Waals surface area contributed by atoms with Gasteiger partial charge < -0.3 is 5.32 Å². The maximum Gasteiger partial charge on any atom is 0.418 e. The van der Waals surface area contributed by atoms with Gasteiger partial charge in [-0.25, -0.2) is 0 Å². The number of Topliss-reactive ketones (excluding diaryl/α,β-unsaturated/α-hetero) is 1. The van der Waals surface area contributed by atoms with Crippen molar-refractivity contribution in [1.82, 2.24) is 0 Å². The van der Waals surface area contributed by atoms with Crippen LogP contribution in [-0.4, -0.2) is 11.7 Å². The fourth-order valence-corrected chi connectivity index (χ4v) is 4.44. The molecule has 2 fully saturated rings. The molecule has 6 heteroatoms. The number of rotatable bonds is 2. The van der Waals surface area contributed by atoms with Crippen molar-refractivity contribution in [2.24, 2.45) is 16.2 Å². The molecule has 2 aliphatic carbocycles. The van der Waals surface area contributed by atoms with Gasteiger partial charge in [0, 0.05) is 11.8 Å². The normalized spacial score (nSPS) is 31.3. The van der Waals surface area contributed by atoms with E-state index in [1.807, 2.05) is 20.8 Å². The van der Waals surface area contributed by atoms with Crippen LogP contribution in [0.15, 0.2) is 24.3 Å². The Morgan fingerprint density at radius 1 is 1.12 bits per heavy atom. The van der Waals surface area contributed by atoms with E-state index in [2.05, 4.69) is 5.32 Å². The summed E-state index contributed by atoms with van der Waals surface area (Å²) in [5.74, 6) is -0.461. The molecule has 0 heterocycles. The molecular formula is C18H20F3NO2. The average molecular weight is 339 g/mol. The molecule has 0 unspecified atom stereocenters. The number of carbonyl (C=O) groups excluding carboxylic acids is 2. The van der Waals surface area contributed by atoms with E-state index in [9.17, 15) is 22.8 Å². The van der Waals surface area contributed by atoms with E-state index in [1.54, 1.807) is 0 Å². The summed E-state index contributed by atoms with van der Waals surface area (Å²) in [7, 11) is 0. The van der Waals surface area contributed by atoms with Crippen molar-refractivity contribution >= 4 is 17.4 Å². The molecule has 3 nitrogen and oxygen atoms in total. The summed E-state index contributed by atoms with van der Waals surface area (Å²) in [6, 6.07) is 4.92. The summed E-state index contributed by atoms with van der Waals surface area (Å²) < 4.78 is 39.4. The summed E-state index contributed by atoms with van der Waals surface area (Å²) in [4.78, 5) is 25.3. The first-order valence-corrected chi connectivity index (χ1v) is 7.97. The molecule has 2 bridgehead atoms. The lowest BCUT2D eigenvalue weighted by Crippen LogP contribution is -2.43. The van der Waals surface area contributed by atoms with Gasteiger partial charge in [0.05, 0.1) is 16.7 Å². The second-order valence-corrected chi connectivity index (χ2v) is 7.64. The lowest BCUT2D eigenvalue weighted by molar-refractivity contribution is -0.137. The van der Waals surface area contributed by atoms with E-state index < -0.39 is 33.9 Å². The third-order valence-corrected chi connectivity index (χ3v) is 6.62. The Hall–Kier alpha value is -1.85. The first kappa shape index (κ1) is 17.0. The number of hydrogen-bond donors (Lipinski definition) is 1. The number of amides is 1. The second-order valence-electron chi connectivity index (χ2n) is 7.64. The molecule has 0 aromatic heterocycles. The lowest BCUT2D eigenvalue weighted by Gasteiger charge is -2.38. The van der Waals surface area contributed by atoms with Crippen LogP contribution in [0.4, 0.5) is 18.9 Å². The zero-order valence-corrected chi connectivity index (χ0v) is 13.9. The van der Waals surface area contributed by atoms with Crippen LogP contribution >= 0.6 is 0 Å². The topological polar surface area (TPSA) is 46.2 Å². The molecule has 1 N–H and O–H groups in total. The van der Waals surface area contributed by atoms with Gasteiger partial charge in [-0.2, -0.15) is 13.2 Å². The first-order chi connectivity index (χ1) is 11.0. The first-order valence-electron chi connectivity index (χ1n) is 7.97. The highest BCUT2D eigenvalue weighted by Gasteiger charge is 2.72. The zero-order chi connectivity index (χ0) is 18.0. The third kappa shape index (κ3) is 1.98. The van der Waals surface area contributed by atoms with Gasteiger partial charge in [-0.1, -0.05) is 32.9 Å². The van der Waals surface area contributed by atoms with Crippen molar-refractivity contribution in [3.63, 3.8) is 0 Å². The molecule has 1 aromatic carbocycles. The van der Waals surface area contributed by atoms with Gasteiger partial charge in [-0.05, 0) is 30.4 Å². The van der Waals surface area contributed by atoms with Crippen LogP contribution < -0.4 is 5.32 Å². The van der Waals surface area contributed by atoms with Gasteiger partial charge in [0.1, 0.15) is 5.78 Å². The molecule has 0 spiro atoms. The van der Waals surface area contributed by atoms with Gasteiger partial charge in [0.25, 0.3) is 0 Å². The largest absolute Gasteiger partial charge is 0.418 e. The summed E-state index contributed by atoms with van der Waals surface area (Å²) in [6.07, 6.45) is -3.35. The van der Waals surface area contributed by atoms with Crippen LogP contribution in [0.3, 0.4) is 0 Å². The summed E-state index contributed by atoms with van der Waals surface area (Å²) in [5, 5.41) is 2.46. The van der Waals surface area contributed by atoms with Crippen LogP contribution in [-0.2, 0) is 15.8 Å². The number of alkyl halides is 3. The fraction of sp³-hybridized carbons (Fsp3) is 0.556. The molecule has 2 saturated carbocycles. The number of nitrogens with one attached hydrogen (secondary N) is 1. The van der Waals surface area contributed by atoms with Crippen molar-refractivity contribution in [2.75, 3.05) is 5.32 Å². The van der Waals surface area contributed by atoms with E-state index >= 15 is 0 Å². The van der Waals surface area contributed by atoms with Crippen LogP contribution in [0.2, 0.25) is 0 Å². The van der Waals surface area contributed by atoms with Gasteiger partial charge in [-0.15, -0.1) is 0 Å². The Morgan fingerprint density at radius 3 is 2.25 bits per heavy atom. The van der Waals surface area contributed by atoms with Crippen LogP contribution in [0.25, 0.3) is 0 Å².